The maximum absolute atomic E-state index is 14.1. The van der Waals surface area contributed by atoms with Crippen LogP contribution in [-0.2, 0) is 9.53 Å². The van der Waals surface area contributed by atoms with Gasteiger partial charge in [0.25, 0.3) is 5.56 Å². The van der Waals surface area contributed by atoms with Gasteiger partial charge >= 0.3 is 5.97 Å². The molecule has 2 aromatic heterocycles. The highest BCUT2D eigenvalue weighted by Gasteiger charge is 2.36. The van der Waals surface area contributed by atoms with Crippen LogP contribution in [0.25, 0.3) is 22.7 Å². The molecule has 1 unspecified atom stereocenters. The van der Waals surface area contributed by atoms with Crippen LogP contribution in [0.1, 0.15) is 29.7 Å². The summed E-state index contributed by atoms with van der Waals surface area (Å²) >= 11 is 1.29. The molecular weight excluding hydrogens is 510 g/mol. The SMILES string of the molecule is CCOC(=O)C1=C(c2ccccc2)N=c2s/c(=C/c3c[nH]c4ccccc34)c(=O)n2C1c1ccccc1OC. The van der Waals surface area contributed by atoms with Crippen molar-refractivity contribution < 1.29 is 14.3 Å². The lowest BCUT2D eigenvalue weighted by Crippen LogP contribution is -2.40. The highest BCUT2D eigenvalue weighted by Crippen LogP contribution is 2.38. The van der Waals surface area contributed by atoms with Crippen LogP contribution in [0.2, 0.25) is 0 Å². The van der Waals surface area contributed by atoms with Gasteiger partial charge in [-0.15, -0.1) is 0 Å². The summed E-state index contributed by atoms with van der Waals surface area (Å²) in [6.07, 6.45) is 3.76. The number of esters is 1. The second-order valence-corrected chi connectivity index (χ2v) is 9.97. The number of methoxy groups -OCH3 is 1. The van der Waals surface area contributed by atoms with E-state index in [2.05, 4.69) is 4.98 Å². The number of hydrogen-bond acceptors (Lipinski definition) is 6. The van der Waals surface area contributed by atoms with E-state index in [-0.39, 0.29) is 12.2 Å². The Bertz CT molecular complexity index is 1910. The molecule has 0 fully saturated rings. The first-order valence-electron chi connectivity index (χ1n) is 12.6. The minimum absolute atomic E-state index is 0.189. The number of hydrogen-bond donors (Lipinski definition) is 1. The molecule has 3 aromatic carbocycles. The fourth-order valence-corrected chi connectivity index (χ4v) is 5.97. The summed E-state index contributed by atoms with van der Waals surface area (Å²) in [5.41, 5.74) is 3.84. The van der Waals surface area contributed by atoms with Crippen molar-refractivity contribution in [3.05, 3.63) is 127 Å². The number of carbonyl (C=O) groups excluding carboxylic acids is 1. The maximum Gasteiger partial charge on any atom is 0.338 e. The van der Waals surface area contributed by atoms with Crippen LogP contribution in [0.15, 0.2) is 100 Å². The third-order valence-corrected chi connectivity index (χ3v) is 7.70. The van der Waals surface area contributed by atoms with Gasteiger partial charge in [0, 0.05) is 33.8 Å². The number of carbonyl (C=O) groups is 1. The molecule has 7 nitrogen and oxygen atoms in total. The van der Waals surface area contributed by atoms with E-state index >= 15 is 0 Å². The average molecular weight is 536 g/mol. The van der Waals surface area contributed by atoms with Gasteiger partial charge in [-0.05, 0) is 25.1 Å². The van der Waals surface area contributed by atoms with Gasteiger partial charge in [-0.1, -0.05) is 78.1 Å². The maximum atomic E-state index is 14.1. The summed E-state index contributed by atoms with van der Waals surface area (Å²) in [4.78, 5) is 36.3. The zero-order valence-corrected chi connectivity index (χ0v) is 22.2. The number of aromatic nitrogens is 2. The first-order valence-corrected chi connectivity index (χ1v) is 13.4. The van der Waals surface area contributed by atoms with Crippen molar-refractivity contribution in [2.45, 2.75) is 13.0 Å². The minimum atomic E-state index is -0.795. The van der Waals surface area contributed by atoms with Crippen molar-refractivity contribution in [1.82, 2.24) is 9.55 Å². The number of aromatic amines is 1. The smallest absolute Gasteiger partial charge is 0.338 e. The molecule has 0 spiro atoms. The summed E-state index contributed by atoms with van der Waals surface area (Å²) < 4.78 is 13.3. The number of nitrogens with zero attached hydrogens (tertiary/aromatic N) is 2. The summed E-state index contributed by atoms with van der Waals surface area (Å²) in [5, 5.41) is 1.02. The Morgan fingerprint density at radius 1 is 1.05 bits per heavy atom. The minimum Gasteiger partial charge on any atom is -0.496 e. The van der Waals surface area contributed by atoms with Crippen LogP contribution >= 0.6 is 11.3 Å². The Hall–Kier alpha value is -4.69. The third-order valence-electron chi connectivity index (χ3n) is 6.72. The number of rotatable bonds is 6. The second kappa shape index (κ2) is 10.2. The molecule has 39 heavy (non-hydrogen) atoms. The largest absolute Gasteiger partial charge is 0.496 e. The molecule has 3 heterocycles. The fraction of sp³-hybridized carbons (Fsp3) is 0.129. The van der Waals surface area contributed by atoms with Crippen molar-refractivity contribution in [3.63, 3.8) is 0 Å². The number of nitrogens with one attached hydrogen (secondary N) is 1. The molecule has 0 saturated carbocycles. The molecule has 0 radical (unpaired) electrons. The van der Waals surface area contributed by atoms with Gasteiger partial charge in [0.15, 0.2) is 4.80 Å². The van der Waals surface area contributed by atoms with E-state index in [0.717, 1.165) is 22.0 Å². The molecule has 1 atom stereocenters. The summed E-state index contributed by atoms with van der Waals surface area (Å²) in [6, 6.07) is 24.1. The monoisotopic (exact) mass is 535 g/mol. The molecular formula is C31H25N3O4S. The normalized spacial score (nSPS) is 15.2. The number of fused-ring (bicyclic) bond motifs is 2. The predicted octanol–water partition coefficient (Wildman–Crippen LogP) is 4.43. The van der Waals surface area contributed by atoms with Gasteiger partial charge in [0.1, 0.15) is 11.8 Å². The van der Waals surface area contributed by atoms with Crippen molar-refractivity contribution in [3.8, 4) is 5.75 Å². The molecule has 0 saturated heterocycles. The number of para-hydroxylation sites is 2. The van der Waals surface area contributed by atoms with Crippen molar-refractivity contribution in [2.75, 3.05) is 13.7 Å². The van der Waals surface area contributed by atoms with E-state index in [0.29, 0.717) is 31.9 Å². The Morgan fingerprint density at radius 3 is 2.59 bits per heavy atom. The Balaban J connectivity index is 1.68. The Labute approximate surface area is 228 Å². The van der Waals surface area contributed by atoms with E-state index in [4.69, 9.17) is 14.5 Å². The van der Waals surface area contributed by atoms with Crippen molar-refractivity contribution in [2.24, 2.45) is 4.99 Å². The van der Waals surface area contributed by atoms with Crippen LogP contribution in [0.3, 0.4) is 0 Å². The topological polar surface area (TPSA) is 85.7 Å². The molecule has 5 aromatic rings. The van der Waals surface area contributed by atoms with Crippen LogP contribution in [0.4, 0.5) is 0 Å². The highest BCUT2D eigenvalue weighted by atomic mass is 32.1. The van der Waals surface area contributed by atoms with Crippen LogP contribution in [0, 0.1) is 0 Å². The molecule has 194 valence electrons. The number of thiazole rings is 1. The Kier molecular flexibility index (Phi) is 6.46. The predicted molar refractivity (Wildman–Crippen MR) is 152 cm³/mol. The lowest BCUT2D eigenvalue weighted by molar-refractivity contribution is -0.138. The van der Waals surface area contributed by atoms with Gasteiger partial charge in [0.2, 0.25) is 0 Å². The molecule has 1 aliphatic heterocycles. The highest BCUT2D eigenvalue weighted by molar-refractivity contribution is 7.07. The van der Waals surface area contributed by atoms with Gasteiger partial charge in [0.05, 0.1) is 29.5 Å². The average Bonchev–Trinajstić information content (AvgIpc) is 3.53. The van der Waals surface area contributed by atoms with Crippen LogP contribution in [-0.4, -0.2) is 29.2 Å². The quantitative estimate of drug-likeness (QED) is 0.326. The lowest BCUT2D eigenvalue weighted by atomic mass is 9.92. The Morgan fingerprint density at radius 2 is 1.79 bits per heavy atom. The first-order chi connectivity index (χ1) is 19.1. The first kappa shape index (κ1) is 24.6. The van der Waals surface area contributed by atoms with E-state index in [9.17, 15) is 9.59 Å². The molecule has 0 aliphatic carbocycles. The molecule has 0 bridgehead atoms. The van der Waals surface area contributed by atoms with Gasteiger partial charge in [-0.3, -0.25) is 9.36 Å². The number of H-pyrrole nitrogens is 1. The summed E-state index contributed by atoms with van der Waals surface area (Å²) in [5.74, 6) is 0.0340. The van der Waals surface area contributed by atoms with E-state index in [1.165, 1.54) is 11.3 Å². The fourth-order valence-electron chi connectivity index (χ4n) is 4.98. The van der Waals surface area contributed by atoms with Gasteiger partial charge in [-0.2, -0.15) is 0 Å². The molecule has 0 amide bonds. The van der Waals surface area contributed by atoms with Gasteiger partial charge in [-0.25, -0.2) is 9.79 Å². The third kappa shape index (κ3) is 4.28. The number of benzene rings is 3. The molecule has 1 aliphatic rings. The van der Waals surface area contributed by atoms with E-state index < -0.39 is 12.0 Å². The second-order valence-electron chi connectivity index (χ2n) is 8.96. The summed E-state index contributed by atoms with van der Waals surface area (Å²) in [7, 11) is 1.57. The lowest BCUT2D eigenvalue weighted by Gasteiger charge is -2.27. The van der Waals surface area contributed by atoms with Crippen LogP contribution < -0.4 is 19.6 Å². The van der Waals surface area contributed by atoms with Gasteiger partial charge < -0.3 is 14.5 Å². The van der Waals surface area contributed by atoms with Crippen molar-refractivity contribution in [1.29, 1.82) is 0 Å². The zero-order valence-electron chi connectivity index (χ0n) is 21.4. The molecule has 1 N–H and O–H groups in total. The zero-order chi connectivity index (χ0) is 26.9. The van der Waals surface area contributed by atoms with E-state index in [1.54, 1.807) is 18.6 Å². The van der Waals surface area contributed by atoms with Crippen LogP contribution in [0.5, 0.6) is 5.75 Å². The molecule has 6 rings (SSSR count). The standard InChI is InChI=1S/C31H25N3O4S/c1-3-38-30(36)26-27(19-11-5-4-6-12-19)33-31-34(28(26)22-14-8-10-16-24(22)37-2)29(35)25(39-31)17-20-18-32-23-15-9-7-13-21(20)23/h4-18,28,32H,3H2,1-2H3/b25-17+. The number of ether oxygens (including phenoxy) is 2. The molecule has 8 heteroatoms. The van der Waals surface area contributed by atoms with E-state index in [1.807, 2.05) is 91.1 Å². The van der Waals surface area contributed by atoms with Crippen molar-refractivity contribution >= 4 is 40.0 Å². The summed E-state index contributed by atoms with van der Waals surface area (Å²) in [6.45, 7) is 1.95.